The van der Waals surface area contributed by atoms with Crippen molar-refractivity contribution in [3.63, 3.8) is 0 Å². The van der Waals surface area contributed by atoms with Gasteiger partial charge >= 0.3 is 11.9 Å². The number of anilines is 1. The highest BCUT2D eigenvalue weighted by Gasteiger charge is 2.49. The number of Topliss-reactive ketones (excluding diaryl/α,β-unsaturated/α-hetero) is 1. The molecule has 1 saturated heterocycles. The Bertz CT molecular complexity index is 1770. The monoisotopic (exact) mass is 596 g/mol. The van der Waals surface area contributed by atoms with Gasteiger partial charge in [-0.2, -0.15) is 0 Å². The fourth-order valence-corrected chi connectivity index (χ4v) is 5.87. The van der Waals surface area contributed by atoms with Gasteiger partial charge in [-0.05, 0) is 50.1 Å². The van der Waals surface area contributed by atoms with Crippen LogP contribution in [0.15, 0.2) is 54.8 Å². The number of aromatic nitrogens is 3. The second-order valence-electron chi connectivity index (χ2n) is 9.07. The van der Waals surface area contributed by atoms with E-state index in [1.807, 2.05) is 19.1 Å². The Labute approximate surface area is 242 Å². The topological polar surface area (TPSA) is 114 Å². The molecule has 1 unspecified atom stereocenters. The van der Waals surface area contributed by atoms with Crippen molar-refractivity contribution in [1.29, 1.82) is 0 Å². The number of aryl methyl sites for hydroxylation is 3. The second-order valence-corrected chi connectivity index (χ2v) is 10.9. The summed E-state index contributed by atoms with van der Waals surface area (Å²) in [7, 11) is 0. The average molecular weight is 597 g/mol. The number of amides is 1. The van der Waals surface area contributed by atoms with E-state index in [0.29, 0.717) is 22.6 Å². The van der Waals surface area contributed by atoms with Gasteiger partial charge in [0, 0.05) is 6.20 Å². The Morgan fingerprint density at radius 1 is 1.18 bits per heavy atom. The number of hydrogen-bond acceptors (Lipinski definition) is 8. The van der Waals surface area contributed by atoms with E-state index >= 15 is 0 Å². The molecule has 0 aliphatic carbocycles. The molecule has 4 heterocycles. The van der Waals surface area contributed by atoms with Gasteiger partial charge in [0.05, 0.1) is 33.0 Å². The molecule has 1 atom stereocenters. The van der Waals surface area contributed by atoms with Gasteiger partial charge in [-0.3, -0.25) is 14.5 Å². The highest BCUT2D eigenvalue weighted by atomic mass is 35.5. The first-order chi connectivity index (χ1) is 19.0. The number of fused-ring (bicyclic) bond motifs is 1. The molecular formula is C28H22Cl2N4O5S. The molecule has 5 rings (SSSR count). The van der Waals surface area contributed by atoms with E-state index in [1.165, 1.54) is 18.2 Å². The van der Waals surface area contributed by atoms with Crippen LogP contribution in [0.1, 0.15) is 43.9 Å². The zero-order chi connectivity index (χ0) is 28.9. The number of ether oxygens (including phenoxy) is 1. The van der Waals surface area contributed by atoms with Crippen LogP contribution in [-0.4, -0.2) is 43.7 Å². The molecule has 12 heteroatoms. The second kappa shape index (κ2) is 10.5. The number of rotatable bonds is 6. The van der Waals surface area contributed by atoms with Gasteiger partial charge in [-0.25, -0.2) is 14.8 Å². The van der Waals surface area contributed by atoms with E-state index in [2.05, 4.69) is 16.5 Å². The molecule has 1 fully saturated rings. The van der Waals surface area contributed by atoms with E-state index in [9.17, 15) is 19.5 Å². The summed E-state index contributed by atoms with van der Waals surface area (Å²) in [6, 6.07) is 7.24. The van der Waals surface area contributed by atoms with Gasteiger partial charge in [0.1, 0.15) is 22.8 Å². The molecule has 1 amide bonds. The fourth-order valence-electron chi connectivity index (χ4n) is 4.58. The van der Waals surface area contributed by atoms with Gasteiger partial charge in [0.15, 0.2) is 10.9 Å². The number of carbonyl (C=O) groups excluding carboxylic acids is 3. The zero-order valence-corrected chi connectivity index (χ0v) is 23.9. The molecule has 0 spiro atoms. The molecule has 0 bridgehead atoms. The van der Waals surface area contributed by atoms with Crippen LogP contribution in [0.4, 0.5) is 5.13 Å². The molecule has 9 nitrogen and oxygen atoms in total. The molecule has 0 radical (unpaired) electrons. The van der Waals surface area contributed by atoms with Gasteiger partial charge < -0.3 is 14.2 Å². The van der Waals surface area contributed by atoms with Crippen molar-refractivity contribution in [3.05, 3.63) is 97.9 Å². The fraction of sp³-hybridized carbons (Fsp3) is 0.179. The predicted molar refractivity (Wildman–Crippen MR) is 153 cm³/mol. The summed E-state index contributed by atoms with van der Waals surface area (Å²) in [5.41, 5.74) is 2.71. The summed E-state index contributed by atoms with van der Waals surface area (Å²) in [6.07, 6.45) is 3.22. The van der Waals surface area contributed by atoms with Crippen LogP contribution in [0.2, 0.25) is 10.0 Å². The Morgan fingerprint density at radius 2 is 1.93 bits per heavy atom. The summed E-state index contributed by atoms with van der Waals surface area (Å²) in [5, 5.41) is 12.1. The predicted octanol–water partition coefficient (Wildman–Crippen LogP) is 5.99. The SMILES string of the molecule is C=CCOC(=O)c1sc(N2C(=O)C(=O)C(=C(O)c3nc4c(C)cccn4c3C)C2c2ccc(Cl)c(Cl)c2)nc1C. The van der Waals surface area contributed by atoms with Crippen molar-refractivity contribution in [2.45, 2.75) is 26.8 Å². The van der Waals surface area contributed by atoms with Gasteiger partial charge in [0.2, 0.25) is 0 Å². The van der Waals surface area contributed by atoms with Crippen LogP contribution < -0.4 is 4.90 Å². The molecular weight excluding hydrogens is 575 g/mol. The van der Waals surface area contributed by atoms with Crippen LogP contribution in [0.3, 0.4) is 0 Å². The van der Waals surface area contributed by atoms with Crippen LogP contribution in [0.5, 0.6) is 0 Å². The van der Waals surface area contributed by atoms with Crippen molar-refractivity contribution in [1.82, 2.24) is 14.4 Å². The minimum Gasteiger partial charge on any atom is -0.505 e. The summed E-state index contributed by atoms with van der Waals surface area (Å²) in [4.78, 5) is 50.0. The lowest BCUT2D eigenvalue weighted by molar-refractivity contribution is -0.132. The Balaban J connectivity index is 1.73. The summed E-state index contributed by atoms with van der Waals surface area (Å²) in [6.45, 7) is 8.75. The number of imidazole rings is 1. The first-order valence-corrected chi connectivity index (χ1v) is 13.6. The highest BCUT2D eigenvalue weighted by Crippen LogP contribution is 2.45. The number of halogens is 2. The lowest BCUT2D eigenvalue weighted by Crippen LogP contribution is -2.29. The smallest absolute Gasteiger partial charge is 0.350 e. The summed E-state index contributed by atoms with van der Waals surface area (Å²) >= 11 is 13.4. The summed E-state index contributed by atoms with van der Waals surface area (Å²) in [5.74, 6) is -2.96. The number of nitrogens with zero attached hydrogens (tertiary/aromatic N) is 4. The Kier molecular flexibility index (Phi) is 7.26. The number of aliphatic hydroxyl groups is 1. The van der Waals surface area contributed by atoms with Gasteiger partial charge in [0.25, 0.3) is 5.78 Å². The van der Waals surface area contributed by atoms with E-state index in [0.717, 1.165) is 21.8 Å². The number of esters is 1. The number of benzene rings is 1. The van der Waals surface area contributed by atoms with E-state index in [1.54, 1.807) is 30.5 Å². The van der Waals surface area contributed by atoms with Crippen LogP contribution in [0, 0.1) is 20.8 Å². The van der Waals surface area contributed by atoms with E-state index in [-0.39, 0.29) is 37.9 Å². The molecule has 1 N–H and O–H groups in total. The minimum atomic E-state index is -1.14. The third-order valence-corrected chi connectivity index (χ3v) is 8.40. The molecule has 1 aromatic carbocycles. The quantitative estimate of drug-likeness (QED) is 0.0955. The molecule has 1 aliphatic rings. The van der Waals surface area contributed by atoms with Crippen LogP contribution in [0.25, 0.3) is 11.4 Å². The molecule has 204 valence electrons. The van der Waals surface area contributed by atoms with Crippen molar-refractivity contribution in [2.75, 3.05) is 11.5 Å². The zero-order valence-electron chi connectivity index (χ0n) is 21.6. The average Bonchev–Trinajstić information content (AvgIpc) is 3.56. The number of thiazole rings is 1. The van der Waals surface area contributed by atoms with Crippen molar-refractivity contribution >= 4 is 68.7 Å². The maximum atomic E-state index is 13.6. The number of pyridine rings is 1. The largest absolute Gasteiger partial charge is 0.505 e. The lowest BCUT2D eigenvalue weighted by atomic mass is 9.96. The van der Waals surface area contributed by atoms with E-state index in [4.69, 9.17) is 27.9 Å². The number of aliphatic hydroxyl groups excluding tert-OH is 1. The third-order valence-electron chi connectivity index (χ3n) is 6.52. The highest BCUT2D eigenvalue weighted by molar-refractivity contribution is 7.17. The third kappa shape index (κ3) is 4.47. The number of hydrogen-bond donors (Lipinski definition) is 1. The molecule has 0 saturated carbocycles. The minimum absolute atomic E-state index is 0.00284. The van der Waals surface area contributed by atoms with Crippen molar-refractivity contribution in [2.24, 2.45) is 0 Å². The van der Waals surface area contributed by atoms with Crippen molar-refractivity contribution in [3.8, 4) is 0 Å². The molecule has 1 aliphatic heterocycles. The number of ketones is 1. The maximum absolute atomic E-state index is 13.6. The first-order valence-electron chi connectivity index (χ1n) is 12.0. The van der Waals surface area contributed by atoms with E-state index < -0.39 is 29.5 Å². The van der Waals surface area contributed by atoms with Gasteiger partial charge in [-0.1, -0.05) is 59.3 Å². The van der Waals surface area contributed by atoms with Crippen LogP contribution in [-0.2, 0) is 14.3 Å². The summed E-state index contributed by atoms with van der Waals surface area (Å²) < 4.78 is 6.93. The first kappa shape index (κ1) is 27.6. The van der Waals surface area contributed by atoms with Crippen LogP contribution >= 0.6 is 34.5 Å². The molecule has 3 aromatic heterocycles. The molecule has 40 heavy (non-hydrogen) atoms. The maximum Gasteiger partial charge on any atom is 0.350 e. The van der Waals surface area contributed by atoms with Crippen molar-refractivity contribution < 1.29 is 24.2 Å². The Morgan fingerprint density at radius 3 is 2.60 bits per heavy atom. The lowest BCUT2D eigenvalue weighted by Gasteiger charge is -2.23. The normalized spacial score (nSPS) is 16.6. The van der Waals surface area contributed by atoms with Gasteiger partial charge in [-0.15, -0.1) is 0 Å². The standard InChI is InChI=1S/C28H22Cl2N4O5S/c1-5-11-39-27(38)24-14(3)31-28(40-24)34-21(16-8-9-17(29)18(30)12-16)19(23(36)26(34)37)22(35)20-15(4)33-10-6-7-13(2)25(33)32-20/h5-10,12,21,35H,1,11H2,2-4H3. The molecule has 4 aromatic rings. The Hall–Kier alpha value is -3.99. The number of carbonyl (C=O) groups is 3.